The summed E-state index contributed by atoms with van der Waals surface area (Å²) in [4.78, 5) is 11.2. The Labute approximate surface area is 109 Å². The van der Waals surface area contributed by atoms with Gasteiger partial charge in [-0.05, 0) is 18.2 Å². The second-order valence-electron chi connectivity index (χ2n) is 4.00. The first-order chi connectivity index (χ1) is 8.92. The normalized spacial score (nSPS) is 12.3. The molecule has 0 radical (unpaired) electrons. The van der Waals surface area contributed by atoms with Gasteiger partial charge in [0.2, 0.25) is 0 Å². The number of rotatable bonds is 3. The smallest absolute Gasteiger partial charge is 0.417 e. The molecule has 1 aromatic rings. The van der Waals surface area contributed by atoms with Gasteiger partial charge in [-0.2, -0.15) is 26.3 Å². The molecule has 0 aliphatic heterocycles. The standard InChI is InChI=1S/C11H9F6NO2/c1-18(5-10(12,13)14)6-2-3-7(9(19)20)8(4-6)11(15,16)17/h2-4H,5H2,1H3,(H,19,20). The Morgan fingerprint density at radius 2 is 1.75 bits per heavy atom. The van der Waals surface area contributed by atoms with Crippen molar-refractivity contribution < 1.29 is 36.2 Å². The Bertz CT molecular complexity index is 509. The van der Waals surface area contributed by atoms with Crippen molar-refractivity contribution in [3.05, 3.63) is 29.3 Å². The number of halogens is 6. The van der Waals surface area contributed by atoms with Crippen LogP contribution in [0.5, 0.6) is 0 Å². The number of alkyl halides is 6. The van der Waals surface area contributed by atoms with Crippen molar-refractivity contribution in [2.24, 2.45) is 0 Å². The molecule has 0 atom stereocenters. The van der Waals surface area contributed by atoms with Crippen molar-refractivity contribution in [1.29, 1.82) is 0 Å². The molecule has 1 N–H and O–H groups in total. The van der Waals surface area contributed by atoms with E-state index in [1.54, 1.807) is 0 Å². The van der Waals surface area contributed by atoms with Crippen LogP contribution in [0.2, 0.25) is 0 Å². The van der Waals surface area contributed by atoms with Crippen LogP contribution in [-0.2, 0) is 6.18 Å². The van der Waals surface area contributed by atoms with E-state index in [9.17, 15) is 31.1 Å². The molecule has 3 nitrogen and oxygen atoms in total. The predicted molar refractivity (Wildman–Crippen MR) is 57.7 cm³/mol. The fourth-order valence-corrected chi connectivity index (χ4v) is 1.55. The number of carboxylic acid groups (broad SMARTS) is 1. The molecular weight excluding hydrogens is 292 g/mol. The molecule has 20 heavy (non-hydrogen) atoms. The first-order valence-corrected chi connectivity index (χ1v) is 5.14. The van der Waals surface area contributed by atoms with Gasteiger partial charge in [0.25, 0.3) is 0 Å². The largest absolute Gasteiger partial charge is 0.478 e. The number of anilines is 1. The third kappa shape index (κ3) is 4.04. The average Bonchev–Trinajstić information content (AvgIpc) is 2.24. The van der Waals surface area contributed by atoms with Gasteiger partial charge in [-0.1, -0.05) is 0 Å². The minimum Gasteiger partial charge on any atom is -0.478 e. The van der Waals surface area contributed by atoms with Crippen LogP contribution in [0.25, 0.3) is 0 Å². The predicted octanol–water partition coefficient (Wildman–Crippen LogP) is 3.40. The van der Waals surface area contributed by atoms with Gasteiger partial charge in [-0.25, -0.2) is 4.79 Å². The number of carboxylic acids is 1. The third-order valence-electron chi connectivity index (χ3n) is 2.40. The highest BCUT2D eigenvalue weighted by atomic mass is 19.4. The molecule has 0 aromatic heterocycles. The van der Waals surface area contributed by atoms with E-state index >= 15 is 0 Å². The van der Waals surface area contributed by atoms with Gasteiger partial charge in [0.1, 0.15) is 6.54 Å². The SMILES string of the molecule is CN(CC(F)(F)F)c1ccc(C(=O)O)c(C(F)(F)F)c1. The second-order valence-corrected chi connectivity index (χ2v) is 4.00. The molecule has 0 bridgehead atoms. The van der Waals surface area contributed by atoms with Crippen molar-refractivity contribution in [1.82, 2.24) is 0 Å². The van der Waals surface area contributed by atoms with Crippen LogP contribution in [0.3, 0.4) is 0 Å². The number of hydrogen-bond acceptors (Lipinski definition) is 2. The summed E-state index contributed by atoms with van der Waals surface area (Å²) in [6.45, 7) is -1.45. The van der Waals surface area contributed by atoms with E-state index in [2.05, 4.69) is 0 Å². The molecule has 0 amide bonds. The van der Waals surface area contributed by atoms with Gasteiger partial charge in [-0.3, -0.25) is 0 Å². The lowest BCUT2D eigenvalue weighted by atomic mass is 10.1. The van der Waals surface area contributed by atoms with Crippen LogP contribution >= 0.6 is 0 Å². The van der Waals surface area contributed by atoms with Crippen molar-refractivity contribution in [2.45, 2.75) is 12.4 Å². The van der Waals surface area contributed by atoms with Gasteiger partial charge in [-0.15, -0.1) is 0 Å². The van der Waals surface area contributed by atoms with Crippen LogP contribution in [-0.4, -0.2) is 30.8 Å². The molecule has 1 rings (SSSR count). The summed E-state index contributed by atoms with van der Waals surface area (Å²) in [6.07, 6.45) is -9.55. The van der Waals surface area contributed by atoms with Crippen molar-refractivity contribution >= 4 is 11.7 Å². The average molecular weight is 301 g/mol. The lowest BCUT2D eigenvalue weighted by Crippen LogP contribution is -2.31. The van der Waals surface area contributed by atoms with E-state index < -0.39 is 36.0 Å². The first kappa shape index (κ1) is 16.1. The fourth-order valence-electron chi connectivity index (χ4n) is 1.55. The zero-order chi connectivity index (χ0) is 15.7. The first-order valence-electron chi connectivity index (χ1n) is 5.14. The van der Waals surface area contributed by atoms with E-state index in [1.807, 2.05) is 0 Å². The summed E-state index contributed by atoms with van der Waals surface area (Å²) in [5, 5.41) is 8.65. The van der Waals surface area contributed by atoms with Crippen LogP contribution < -0.4 is 4.90 Å². The minimum absolute atomic E-state index is 0.375. The van der Waals surface area contributed by atoms with Gasteiger partial charge >= 0.3 is 18.3 Å². The zero-order valence-electron chi connectivity index (χ0n) is 10.0. The summed E-state index contributed by atoms with van der Waals surface area (Å²) in [7, 11) is 0.962. The van der Waals surface area contributed by atoms with Gasteiger partial charge < -0.3 is 10.0 Å². The molecule has 0 fully saturated rings. The van der Waals surface area contributed by atoms with Crippen molar-refractivity contribution in [3.8, 4) is 0 Å². The maximum Gasteiger partial charge on any atom is 0.417 e. The van der Waals surface area contributed by atoms with Crippen LogP contribution in [0.4, 0.5) is 32.0 Å². The van der Waals surface area contributed by atoms with E-state index in [0.717, 1.165) is 13.1 Å². The number of aromatic carboxylic acids is 1. The Balaban J connectivity index is 3.23. The maximum atomic E-state index is 12.7. The summed E-state index contributed by atoms with van der Waals surface area (Å²) < 4.78 is 74.6. The zero-order valence-corrected chi connectivity index (χ0v) is 10.0. The Hall–Kier alpha value is -1.93. The van der Waals surface area contributed by atoms with E-state index in [0.29, 0.717) is 17.0 Å². The number of carbonyl (C=O) groups is 1. The van der Waals surface area contributed by atoms with Gasteiger partial charge in [0.15, 0.2) is 0 Å². The molecule has 0 spiro atoms. The van der Waals surface area contributed by atoms with Gasteiger partial charge in [0.05, 0.1) is 11.1 Å². The molecule has 112 valence electrons. The Kier molecular flexibility index (Phi) is 4.21. The maximum absolute atomic E-state index is 12.7. The van der Waals surface area contributed by atoms with Crippen LogP contribution in [0.1, 0.15) is 15.9 Å². The number of hydrogen-bond donors (Lipinski definition) is 1. The fraction of sp³-hybridized carbons (Fsp3) is 0.364. The highest BCUT2D eigenvalue weighted by Crippen LogP contribution is 2.35. The molecule has 0 heterocycles. The Morgan fingerprint density at radius 3 is 2.15 bits per heavy atom. The molecule has 0 unspecified atom stereocenters. The summed E-state index contributed by atoms with van der Waals surface area (Å²) in [5.74, 6) is -1.80. The lowest BCUT2D eigenvalue weighted by Gasteiger charge is -2.22. The highest BCUT2D eigenvalue weighted by molar-refractivity contribution is 5.90. The molecule has 0 saturated heterocycles. The highest BCUT2D eigenvalue weighted by Gasteiger charge is 2.36. The quantitative estimate of drug-likeness (QED) is 0.870. The lowest BCUT2D eigenvalue weighted by molar-refractivity contribution is -0.138. The molecule has 0 aliphatic rings. The van der Waals surface area contributed by atoms with Crippen molar-refractivity contribution in [3.63, 3.8) is 0 Å². The number of nitrogens with zero attached hydrogens (tertiary/aromatic N) is 1. The monoisotopic (exact) mass is 301 g/mol. The van der Waals surface area contributed by atoms with Crippen LogP contribution in [0, 0.1) is 0 Å². The molecule has 0 aliphatic carbocycles. The second kappa shape index (κ2) is 5.22. The summed E-state index contributed by atoms with van der Waals surface area (Å²) in [5.41, 5.74) is -2.88. The minimum atomic E-state index is -4.97. The third-order valence-corrected chi connectivity index (χ3v) is 2.40. The van der Waals surface area contributed by atoms with E-state index in [1.165, 1.54) is 0 Å². The molecule has 9 heteroatoms. The van der Waals surface area contributed by atoms with Crippen molar-refractivity contribution in [2.75, 3.05) is 18.5 Å². The molecule has 0 saturated carbocycles. The van der Waals surface area contributed by atoms with E-state index in [4.69, 9.17) is 5.11 Å². The summed E-state index contributed by atoms with van der Waals surface area (Å²) >= 11 is 0. The number of benzene rings is 1. The molecule has 1 aromatic carbocycles. The summed E-state index contributed by atoms with van der Waals surface area (Å²) in [6, 6.07) is 1.91. The van der Waals surface area contributed by atoms with Gasteiger partial charge in [0, 0.05) is 12.7 Å². The topological polar surface area (TPSA) is 40.5 Å². The Morgan fingerprint density at radius 1 is 1.20 bits per heavy atom. The van der Waals surface area contributed by atoms with Crippen LogP contribution in [0.15, 0.2) is 18.2 Å². The molecular formula is C11H9F6NO2. The van der Waals surface area contributed by atoms with E-state index in [-0.39, 0.29) is 5.69 Å².